The lowest BCUT2D eigenvalue weighted by Gasteiger charge is -2.31. The van der Waals surface area contributed by atoms with E-state index in [9.17, 15) is 4.79 Å². The summed E-state index contributed by atoms with van der Waals surface area (Å²) in [5.74, 6) is 0.283. The zero-order chi connectivity index (χ0) is 19.9. The predicted octanol–water partition coefficient (Wildman–Crippen LogP) is 4.26. The number of benzene rings is 2. The zero-order valence-electron chi connectivity index (χ0n) is 16.5. The number of likely N-dealkylation sites (tertiary alicyclic amines) is 1. The maximum Gasteiger partial charge on any atom is 0.317 e. The summed E-state index contributed by atoms with van der Waals surface area (Å²) in [6.45, 7) is 2.19. The molecule has 1 aliphatic heterocycles. The summed E-state index contributed by atoms with van der Waals surface area (Å²) in [6.07, 6.45) is 3.73. The molecule has 1 unspecified atom stereocenters. The Morgan fingerprint density at radius 3 is 2.52 bits per heavy atom. The van der Waals surface area contributed by atoms with Gasteiger partial charge < -0.3 is 10.2 Å². The summed E-state index contributed by atoms with van der Waals surface area (Å²) < 4.78 is 0. The minimum atomic E-state index is 0.0275. The maximum atomic E-state index is 12.6. The summed E-state index contributed by atoms with van der Waals surface area (Å²) in [6, 6.07) is 20.6. The molecule has 3 aromatic rings. The second kappa shape index (κ2) is 9.65. The number of amides is 2. The van der Waals surface area contributed by atoms with Crippen LogP contribution < -0.4 is 5.32 Å². The normalized spacial score (nSPS) is 16.6. The van der Waals surface area contributed by atoms with E-state index in [0.717, 1.165) is 48.8 Å². The molecule has 2 aromatic carbocycles. The smallest absolute Gasteiger partial charge is 0.317 e. The van der Waals surface area contributed by atoms with E-state index >= 15 is 0 Å². The zero-order valence-corrected chi connectivity index (χ0v) is 17.3. The largest absolute Gasteiger partial charge is 0.338 e. The van der Waals surface area contributed by atoms with Crippen molar-refractivity contribution in [2.45, 2.75) is 31.6 Å². The highest BCUT2D eigenvalue weighted by atomic mass is 32.1. The molecule has 1 fully saturated rings. The third kappa shape index (κ3) is 5.41. The van der Waals surface area contributed by atoms with Crippen molar-refractivity contribution < 1.29 is 4.79 Å². The van der Waals surface area contributed by atoms with Gasteiger partial charge in [0, 0.05) is 32.0 Å². The molecule has 150 valence electrons. The molecule has 2 heterocycles. The number of hydrogen-bond donors (Lipinski definition) is 1. The van der Waals surface area contributed by atoms with Crippen LogP contribution in [0.1, 0.15) is 39.9 Å². The maximum absolute atomic E-state index is 12.6. The molecule has 1 N–H and O–H groups in total. The molecule has 2 amide bonds. The Hall–Kier alpha value is -2.73. The van der Waals surface area contributed by atoms with E-state index in [4.69, 9.17) is 0 Å². The van der Waals surface area contributed by atoms with Gasteiger partial charge in [0.15, 0.2) is 0 Å². The first-order chi connectivity index (χ1) is 14.3. The minimum absolute atomic E-state index is 0.0275. The number of carbonyl (C=O) groups is 1. The Morgan fingerprint density at radius 2 is 1.76 bits per heavy atom. The van der Waals surface area contributed by atoms with Gasteiger partial charge in [-0.3, -0.25) is 0 Å². The molecule has 0 spiro atoms. The van der Waals surface area contributed by atoms with Crippen molar-refractivity contribution in [2.24, 2.45) is 0 Å². The summed E-state index contributed by atoms with van der Waals surface area (Å²) in [5.41, 5.74) is 2.49. The Kier molecular flexibility index (Phi) is 6.52. The number of hydrogen-bond acceptors (Lipinski definition) is 4. The summed E-state index contributed by atoms with van der Waals surface area (Å²) in [4.78, 5) is 14.5. The van der Waals surface area contributed by atoms with Crippen LogP contribution in [-0.4, -0.2) is 40.8 Å². The predicted molar refractivity (Wildman–Crippen MR) is 116 cm³/mol. The fourth-order valence-electron chi connectivity index (χ4n) is 3.71. The number of nitrogens with zero attached hydrogens (tertiary/aromatic N) is 3. The van der Waals surface area contributed by atoms with Crippen LogP contribution in [0.2, 0.25) is 0 Å². The van der Waals surface area contributed by atoms with Crippen molar-refractivity contribution in [3.05, 3.63) is 81.8 Å². The van der Waals surface area contributed by atoms with Crippen LogP contribution in [-0.2, 0) is 12.8 Å². The molecular weight excluding hydrogens is 380 g/mol. The number of aromatic nitrogens is 2. The molecule has 0 aliphatic carbocycles. The van der Waals surface area contributed by atoms with Gasteiger partial charge in [-0.05, 0) is 30.4 Å². The first-order valence-corrected chi connectivity index (χ1v) is 11.0. The molecular formula is C23H26N4OS. The minimum Gasteiger partial charge on any atom is -0.338 e. The van der Waals surface area contributed by atoms with Crippen LogP contribution in [0, 0.1) is 0 Å². The van der Waals surface area contributed by atoms with Crippen LogP contribution >= 0.6 is 11.3 Å². The number of rotatable bonds is 6. The summed E-state index contributed by atoms with van der Waals surface area (Å²) in [7, 11) is 0. The third-order valence-corrected chi connectivity index (χ3v) is 6.36. The van der Waals surface area contributed by atoms with Gasteiger partial charge in [-0.1, -0.05) is 60.7 Å². The second-order valence-corrected chi connectivity index (χ2v) is 8.54. The van der Waals surface area contributed by atoms with Crippen molar-refractivity contribution in [3.8, 4) is 0 Å². The molecule has 0 bridgehead atoms. The van der Waals surface area contributed by atoms with Gasteiger partial charge >= 0.3 is 6.03 Å². The molecule has 6 heteroatoms. The van der Waals surface area contributed by atoms with Gasteiger partial charge in [0.2, 0.25) is 0 Å². The van der Waals surface area contributed by atoms with Crippen molar-refractivity contribution >= 4 is 17.4 Å². The highest BCUT2D eigenvalue weighted by molar-refractivity contribution is 7.11. The van der Waals surface area contributed by atoms with Gasteiger partial charge in [0.1, 0.15) is 10.0 Å². The second-order valence-electron chi connectivity index (χ2n) is 7.45. The van der Waals surface area contributed by atoms with E-state index in [1.165, 1.54) is 11.1 Å². The van der Waals surface area contributed by atoms with Gasteiger partial charge in [0.05, 0.1) is 0 Å². The molecule has 1 aliphatic rings. The fourth-order valence-corrected chi connectivity index (χ4v) is 4.71. The van der Waals surface area contributed by atoms with E-state index in [2.05, 4.69) is 39.8 Å². The SMILES string of the molecule is O=C(NCCc1ccccc1)N1CCCC(c2nnc(Cc3ccccc3)s2)C1. The lowest BCUT2D eigenvalue weighted by atomic mass is 9.99. The Balaban J connectivity index is 1.29. The molecule has 0 saturated carbocycles. The van der Waals surface area contributed by atoms with Crippen molar-refractivity contribution in [1.82, 2.24) is 20.4 Å². The quantitative estimate of drug-likeness (QED) is 0.665. The average Bonchev–Trinajstić information content (AvgIpc) is 3.24. The van der Waals surface area contributed by atoms with E-state index < -0.39 is 0 Å². The Bertz CT molecular complexity index is 913. The highest BCUT2D eigenvalue weighted by Crippen LogP contribution is 2.29. The van der Waals surface area contributed by atoms with Crippen LogP contribution in [0.15, 0.2) is 60.7 Å². The average molecular weight is 407 g/mol. The highest BCUT2D eigenvalue weighted by Gasteiger charge is 2.27. The Labute approximate surface area is 175 Å². The molecule has 5 nitrogen and oxygen atoms in total. The monoisotopic (exact) mass is 406 g/mol. The van der Waals surface area contributed by atoms with E-state index in [1.807, 2.05) is 41.3 Å². The lowest BCUT2D eigenvalue weighted by Crippen LogP contribution is -2.45. The molecule has 1 atom stereocenters. The molecule has 29 heavy (non-hydrogen) atoms. The van der Waals surface area contributed by atoms with Crippen LogP contribution in [0.3, 0.4) is 0 Å². The van der Waals surface area contributed by atoms with Crippen molar-refractivity contribution in [3.63, 3.8) is 0 Å². The standard InChI is InChI=1S/C23H26N4OS/c28-23(24-14-13-18-8-3-1-4-9-18)27-15-7-12-20(17-27)22-26-25-21(29-22)16-19-10-5-2-6-11-19/h1-6,8-11,20H,7,12-17H2,(H,24,28). The molecule has 4 rings (SSSR count). The van der Waals surface area contributed by atoms with Crippen molar-refractivity contribution in [1.29, 1.82) is 0 Å². The summed E-state index contributed by atoms with van der Waals surface area (Å²) >= 11 is 1.68. The van der Waals surface area contributed by atoms with Crippen LogP contribution in [0.25, 0.3) is 0 Å². The molecule has 1 saturated heterocycles. The van der Waals surface area contributed by atoms with Gasteiger partial charge in [-0.2, -0.15) is 0 Å². The molecule has 0 radical (unpaired) electrons. The Morgan fingerprint density at radius 1 is 1.03 bits per heavy atom. The van der Waals surface area contributed by atoms with Gasteiger partial charge in [0.25, 0.3) is 0 Å². The number of carbonyl (C=O) groups excluding carboxylic acids is 1. The lowest BCUT2D eigenvalue weighted by molar-refractivity contribution is 0.179. The topological polar surface area (TPSA) is 58.1 Å². The van der Waals surface area contributed by atoms with E-state index in [0.29, 0.717) is 6.54 Å². The van der Waals surface area contributed by atoms with E-state index in [-0.39, 0.29) is 11.9 Å². The van der Waals surface area contributed by atoms with Crippen LogP contribution in [0.5, 0.6) is 0 Å². The van der Waals surface area contributed by atoms with E-state index in [1.54, 1.807) is 11.3 Å². The number of urea groups is 1. The third-order valence-electron chi connectivity index (χ3n) is 5.27. The van der Waals surface area contributed by atoms with Gasteiger partial charge in [-0.15, -0.1) is 21.5 Å². The van der Waals surface area contributed by atoms with Crippen LogP contribution in [0.4, 0.5) is 4.79 Å². The van der Waals surface area contributed by atoms with Gasteiger partial charge in [-0.25, -0.2) is 4.79 Å². The number of piperidine rings is 1. The first kappa shape index (κ1) is 19.6. The first-order valence-electron chi connectivity index (χ1n) is 10.2. The molecule has 1 aromatic heterocycles. The number of nitrogens with one attached hydrogen (secondary N) is 1. The fraction of sp³-hybridized carbons (Fsp3) is 0.348. The van der Waals surface area contributed by atoms with Crippen molar-refractivity contribution in [2.75, 3.05) is 19.6 Å². The summed E-state index contributed by atoms with van der Waals surface area (Å²) in [5, 5.41) is 14.0.